The maximum atomic E-state index is 3.69. The molecule has 0 aromatic carbocycles. The Hall–Kier alpha value is -0.0400. The zero-order valence-electron chi connectivity index (χ0n) is 12.9. The monoisotopic (exact) mass is 251 g/mol. The van der Waals surface area contributed by atoms with Crippen molar-refractivity contribution >= 4 is 0 Å². The van der Waals surface area contributed by atoms with Crippen molar-refractivity contribution in [2.24, 2.45) is 29.6 Å². The summed E-state index contributed by atoms with van der Waals surface area (Å²) in [6.45, 7) is 7.27. The molecule has 2 rings (SSSR count). The van der Waals surface area contributed by atoms with Gasteiger partial charge in [0.1, 0.15) is 0 Å². The van der Waals surface area contributed by atoms with E-state index in [1.165, 1.54) is 44.9 Å². The van der Waals surface area contributed by atoms with E-state index in [4.69, 9.17) is 0 Å². The van der Waals surface area contributed by atoms with Crippen molar-refractivity contribution in [2.45, 2.75) is 71.8 Å². The molecule has 6 atom stereocenters. The topological polar surface area (TPSA) is 12.0 Å². The number of hydrogen-bond acceptors (Lipinski definition) is 1. The van der Waals surface area contributed by atoms with E-state index in [9.17, 15) is 0 Å². The average molecular weight is 251 g/mol. The van der Waals surface area contributed by atoms with E-state index in [-0.39, 0.29) is 0 Å². The lowest BCUT2D eigenvalue weighted by atomic mass is 9.70. The average Bonchev–Trinajstić information content (AvgIpc) is 2.83. The fraction of sp³-hybridized carbons (Fsp3) is 1.00. The van der Waals surface area contributed by atoms with Crippen LogP contribution in [0.5, 0.6) is 0 Å². The molecule has 1 heteroatoms. The number of hydrogen-bond donors (Lipinski definition) is 1. The molecule has 18 heavy (non-hydrogen) atoms. The minimum absolute atomic E-state index is 0.802. The normalized spacial score (nSPS) is 43.0. The molecule has 0 aromatic rings. The molecule has 2 aliphatic rings. The number of nitrogens with one attached hydrogen (secondary N) is 1. The highest BCUT2D eigenvalue weighted by Crippen LogP contribution is 2.42. The van der Waals surface area contributed by atoms with Crippen molar-refractivity contribution in [3.05, 3.63) is 0 Å². The molecule has 1 N–H and O–H groups in total. The van der Waals surface area contributed by atoms with E-state index in [1.807, 2.05) is 0 Å². The largest absolute Gasteiger partial charge is 0.316 e. The van der Waals surface area contributed by atoms with Gasteiger partial charge < -0.3 is 5.32 Å². The zero-order chi connectivity index (χ0) is 13.1. The summed E-state index contributed by atoms with van der Waals surface area (Å²) in [5, 5.41) is 3.69. The Labute approximate surface area is 114 Å². The van der Waals surface area contributed by atoms with Crippen LogP contribution in [0.4, 0.5) is 0 Å². The van der Waals surface area contributed by atoms with Crippen LogP contribution in [0.3, 0.4) is 0 Å². The van der Waals surface area contributed by atoms with Crippen LogP contribution in [-0.2, 0) is 0 Å². The Morgan fingerprint density at radius 1 is 0.944 bits per heavy atom. The molecule has 1 nitrogen and oxygen atoms in total. The smallest absolute Gasteiger partial charge is 0.0121 e. The Morgan fingerprint density at radius 2 is 1.61 bits per heavy atom. The van der Waals surface area contributed by atoms with Gasteiger partial charge in [-0.25, -0.2) is 0 Å². The first-order valence-electron chi connectivity index (χ1n) is 8.32. The van der Waals surface area contributed by atoms with Crippen LogP contribution in [0, 0.1) is 29.6 Å². The Bertz CT molecular complexity index is 250. The van der Waals surface area contributed by atoms with Gasteiger partial charge in [-0.05, 0) is 62.3 Å². The fourth-order valence-electron chi connectivity index (χ4n) is 4.58. The lowest BCUT2D eigenvalue weighted by molar-refractivity contribution is 0.144. The van der Waals surface area contributed by atoms with E-state index in [2.05, 4.69) is 33.1 Å². The summed E-state index contributed by atoms with van der Waals surface area (Å²) in [4.78, 5) is 0. The third-order valence-corrected chi connectivity index (χ3v) is 6.15. The minimum Gasteiger partial charge on any atom is -0.316 e. The van der Waals surface area contributed by atoms with Gasteiger partial charge in [-0.2, -0.15) is 0 Å². The Balaban J connectivity index is 1.92. The van der Waals surface area contributed by atoms with Gasteiger partial charge in [0.2, 0.25) is 0 Å². The number of rotatable bonds is 4. The van der Waals surface area contributed by atoms with E-state index in [1.54, 1.807) is 0 Å². The molecule has 2 saturated carbocycles. The van der Waals surface area contributed by atoms with Crippen molar-refractivity contribution in [2.75, 3.05) is 7.05 Å². The molecule has 0 heterocycles. The van der Waals surface area contributed by atoms with Gasteiger partial charge in [0.25, 0.3) is 0 Å². The summed E-state index contributed by atoms with van der Waals surface area (Å²) in [6.07, 6.45) is 10.2. The predicted molar refractivity (Wildman–Crippen MR) is 79.6 cm³/mol. The van der Waals surface area contributed by atoms with Crippen LogP contribution in [0.1, 0.15) is 65.7 Å². The highest BCUT2D eigenvalue weighted by molar-refractivity contribution is 4.90. The maximum Gasteiger partial charge on any atom is 0.0121 e. The second-order valence-electron chi connectivity index (χ2n) is 7.19. The molecule has 0 spiro atoms. The molecule has 2 fully saturated rings. The van der Waals surface area contributed by atoms with Crippen LogP contribution in [0.2, 0.25) is 0 Å². The molecule has 0 saturated heterocycles. The Kier molecular flexibility index (Phi) is 5.12. The molecule has 0 aromatic heterocycles. The highest BCUT2D eigenvalue weighted by Gasteiger charge is 2.36. The van der Waals surface area contributed by atoms with E-state index < -0.39 is 0 Å². The highest BCUT2D eigenvalue weighted by atomic mass is 14.9. The Morgan fingerprint density at radius 3 is 2.17 bits per heavy atom. The van der Waals surface area contributed by atoms with Gasteiger partial charge >= 0.3 is 0 Å². The van der Waals surface area contributed by atoms with Crippen LogP contribution in [0.15, 0.2) is 0 Å². The standard InChI is InChI=1S/C17H33N/c1-5-14-7-9-16(11-14)17(18-4)15-8-6-12(2)13(3)10-15/h12-18H,5-11H2,1-4H3. The maximum absolute atomic E-state index is 3.69. The quantitative estimate of drug-likeness (QED) is 0.777. The van der Waals surface area contributed by atoms with Crippen LogP contribution < -0.4 is 5.32 Å². The van der Waals surface area contributed by atoms with Gasteiger partial charge in [-0.3, -0.25) is 0 Å². The third kappa shape index (κ3) is 3.10. The van der Waals surface area contributed by atoms with Crippen LogP contribution in [-0.4, -0.2) is 13.1 Å². The second kappa shape index (κ2) is 6.41. The lowest BCUT2D eigenvalue weighted by Crippen LogP contribution is -2.42. The second-order valence-corrected chi connectivity index (χ2v) is 7.19. The molecule has 106 valence electrons. The first-order chi connectivity index (χ1) is 8.65. The van der Waals surface area contributed by atoms with Crippen molar-refractivity contribution in [1.82, 2.24) is 5.32 Å². The summed E-state index contributed by atoms with van der Waals surface area (Å²) >= 11 is 0. The first-order valence-corrected chi connectivity index (χ1v) is 8.32. The minimum atomic E-state index is 0.802. The van der Waals surface area contributed by atoms with Crippen molar-refractivity contribution in [1.29, 1.82) is 0 Å². The van der Waals surface area contributed by atoms with Gasteiger partial charge in [-0.1, -0.05) is 40.0 Å². The molecule has 0 aliphatic heterocycles. The first kappa shape index (κ1) is 14.4. The molecule has 6 unspecified atom stereocenters. The van der Waals surface area contributed by atoms with E-state index in [0.717, 1.165) is 35.6 Å². The van der Waals surface area contributed by atoms with Gasteiger partial charge in [-0.15, -0.1) is 0 Å². The molecular weight excluding hydrogens is 218 g/mol. The predicted octanol–water partition coefficient (Wildman–Crippen LogP) is 4.47. The van der Waals surface area contributed by atoms with E-state index in [0.29, 0.717) is 0 Å². The zero-order valence-corrected chi connectivity index (χ0v) is 12.9. The molecule has 0 bridgehead atoms. The van der Waals surface area contributed by atoms with Crippen molar-refractivity contribution in [3.63, 3.8) is 0 Å². The van der Waals surface area contributed by atoms with Gasteiger partial charge in [0.15, 0.2) is 0 Å². The van der Waals surface area contributed by atoms with Crippen molar-refractivity contribution < 1.29 is 0 Å². The van der Waals surface area contributed by atoms with E-state index >= 15 is 0 Å². The van der Waals surface area contributed by atoms with Gasteiger partial charge in [0.05, 0.1) is 0 Å². The van der Waals surface area contributed by atoms with Crippen molar-refractivity contribution in [3.8, 4) is 0 Å². The molecular formula is C17H33N. The third-order valence-electron chi connectivity index (χ3n) is 6.15. The summed E-state index contributed by atoms with van der Waals surface area (Å²) < 4.78 is 0. The summed E-state index contributed by atoms with van der Waals surface area (Å²) in [5.41, 5.74) is 0. The molecule has 2 aliphatic carbocycles. The summed E-state index contributed by atoms with van der Waals surface area (Å²) in [6, 6.07) is 0.802. The van der Waals surface area contributed by atoms with Crippen LogP contribution >= 0.6 is 0 Å². The van der Waals surface area contributed by atoms with Gasteiger partial charge in [0, 0.05) is 6.04 Å². The fourth-order valence-corrected chi connectivity index (χ4v) is 4.58. The van der Waals surface area contributed by atoms with Crippen LogP contribution in [0.25, 0.3) is 0 Å². The molecule has 0 radical (unpaired) electrons. The molecule has 0 amide bonds. The summed E-state index contributed by atoms with van der Waals surface area (Å²) in [5.74, 6) is 4.81. The lowest BCUT2D eigenvalue weighted by Gasteiger charge is -2.39. The SMILES string of the molecule is CCC1CCC(C(NC)C2CCC(C)C(C)C2)C1. The summed E-state index contributed by atoms with van der Waals surface area (Å²) in [7, 11) is 2.20.